The average Bonchev–Trinajstić information content (AvgIpc) is 3.20. The highest BCUT2D eigenvalue weighted by molar-refractivity contribution is 7.99. The number of carbonyl (C=O) groups excluding carboxylic acids is 1. The van der Waals surface area contributed by atoms with Gasteiger partial charge in [-0.2, -0.15) is 0 Å². The molecule has 2 aromatic carbocycles. The zero-order valence-electron chi connectivity index (χ0n) is 18.3. The zero-order valence-corrected chi connectivity index (χ0v) is 19.2. The lowest BCUT2D eigenvalue weighted by atomic mass is 10.2. The second kappa shape index (κ2) is 11.3. The third kappa shape index (κ3) is 6.66. The number of aryl methyl sites for hydroxylation is 1. The summed E-state index contributed by atoms with van der Waals surface area (Å²) in [6, 6.07) is 23.8. The first-order chi connectivity index (χ1) is 16.2. The number of benzene rings is 2. The first-order valence-electron chi connectivity index (χ1n) is 10.6. The van der Waals surface area contributed by atoms with Crippen molar-refractivity contribution >= 4 is 17.7 Å². The second-order valence-electron chi connectivity index (χ2n) is 7.44. The molecule has 0 atom stereocenters. The van der Waals surface area contributed by atoms with Crippen LogP contribution in [0.2, 0.25) is 0 Å². The maximum atomic E-state index is 12.4. The van der Waals surface area contributed by atoms with Crippen molar-refractivity contribution in [3.63, 3.8) is 0 Å². The Bertz CT molecular complexity index is 1180. The van der Waals surface area contributed by atoms with Crippen molar-refractivity contribution in [3.05, 3.63) is 102 Å². The smallest absolute Gasteiger partial charge is 0.230 e. The molecule has 0 spiro atoms. The molecule has 0 aliphatic rings. The van der Waals surface area contributed by atoms with E-state index in [0.717, 1.165) is 27.7 Å². The van der Waals surface area contributed by atoms with E-state index in [9.17, 15) is 4.79 Å². The summed E-state index contributed by atoms with van der Waals surface area (Å²) in [6.07, 6.45) is 1.69. The molecule has 33 heavy (non-hydrogen) atoms. The van der Waals surface area contributed by atoms with Crippen LogP contribution in [0.15, 0.2) is 84.1 Å². The fourth-order valence-electron chi connectivity index (χ4n) is 3.17. The van der Waals surface area contributed by atoms with Crippen molar-refractivity contribution in [3.8, 4) is 5.88 Å². The summed E-state index contributed by atoms with van der Waals surface area (Å²) in [5, 5.41) is 12.1. The lowest BCUT2D eigenvalue weighted by molar-refractivity contribution is -0.118. The van der Waals surface area contributed by atoms with Crippen molar-refractivity contribution in [2.24, 2.45) is 0 Å². The lowest BCUT2D eigenvalue weighted by Crippen LogP contribution is -2.24. The van der Waals surface area contributed by atoms with Gasteiger partial charge in [0.2, 0.25) is 11.8 Å². The van der Waals surface area contributed by atoms with Crippen molar-refractivity contribution < 1.29 is 9.53 Å². The minimum Gasteiger partial charge on any atom is -0.473 e. The Hall–Kier alpha value is -3.65. The van der Waals surface area contributed by atoms with Crippen LogP contribution in [0.25, 0.3) is 0 Å². The number of nitrogens with one attached hydrogen (secondary N) is 1. The van der Waals surface area contributed by atoms with Crippen molar-refractivity contribution in [2.45, 2.75) is 31.8 Å². The van der Waals surface area contributed by atoms with Crippen molar-refractivity contribution in [1.29, 1.82) is 0 Å². The Morgan fingerprint density at radius 3 is 2.45 bits per heavy atom. The monoisotopic (exact) mass is 459 g/mol. The summed E-state index contributed by atoms with van der Waals surface area (Å²) in [6.45, 7) is 3.44. The fourth-order valence-corrected chi connectivity index (χ4v) is 3.98. The first-order valence-corrected chi connectivity index (χ1v) is 11.6. The quantitative estimate of drug-likeness (QED) is 0.361. The molecule has 1 amide bonds. The molecule has 2 heterocycles. The molecule has 0 radical (unpaired) electrons. The van der Waals surface area contributed by atoms with Gasteiger partial charge in [-0.15, -0.1) is 10.2 Å². The number of nitrogens with zero attached hydrogens (tertiary/aromatic N) is 4. The summed E-state index contributed by atoms with van der Waals surface area (Å²) in [7, 11) is 0. The predicted octanol–water partition coefficient (Wildman–Crippen LogP) is 4.02. The highest BCUT2D eigenvalue weighted by atomic mass is 32.2. The number of thioether (sulfide) groups is 1. The van der Waals surface area contributed by atoms with E-state index in [1.54, 1.807) is 6.20 Å². The molecule has 168 valence electrons. The summed E-state index contributed by atoms with van der Waals surface area (Å²) in [5.41, 5.74) is 3.16. The molecular weight excluding hydrogens is 434 g/mol. The molecule has 0 fully saturated rings. The Balaban J connectivity index is 1.26. The summed E-state index contributed by atoms with van der Waals surface area (Å²) < 4.78 is 7.78. The molecule has 0 unspecified atom stereocenters. The van der Waals surface area contributed by atoms with Gasteiger partial charge >= 0.3 is 0 Å². The standard InChI is InChI=1S/C25H25N5O2S/c1-19-28-29-25(30(19)16-20-8-4-2-5-9-20)33-18-23(31)27-15-22-12-13-26-24(14-22)32-17-21-10-6-3-7-11-21/h2-14H,15-18H2,1H3,(H,27,31). The Kier molecular flexibility index (Phi) is 7.71. The molecule has 0 saturated heterocycles. The summed E-state index contributed by atoms with van der Waals surface area (Å²) in [5.74, 6) is 1.54. The van der Waals surface area contributed by atoms with Gasteiger partial charge in [0.15, 0.2) is 5.16 Å². The number of hydrogen-bond acceptors (Lipinski definition) is 6. The number of ether oxygens (including phenoxy) is 1. The Labute approximate surface area is 197 Å². The average molecular weight is 460 g/mol. The van der Waals surface area contributed by atoms with Crippen LogP contribution in [0, 0.1) is 6.92 Å². The van der Waals surface area contributed by atoms with Gasteiger partial charge in [0.25, 0.3) is 0 Å². The minimum absolute atomic E-state index is 0.0736. The molecule has 0 bridgehead atoms. The van der Waals surface area contributed by atoms with Gasteiger partial charge in [-0.25, -0.2) is 4.98 Å². The van der Waals surface area contributed by atoms with Crippen molar-refractivity contribution in [1.82, 2.24) is 25.1 Å². The van der Waals surface area contributed by atoms with E-state index in [-0.39, 0.29) is 11.7 Å². The van der Waals surface area contributed by atoms with Gasteiger partial charge in [0.05, 0.1) is 12.3 Å². The molecular formula is C25H25N5O2S. The third-order valence-corrected chi connectivity index (χ3v) is 5.90. The molecule has 0 saturated carbocycles. The van der Waals surface area contributed by atoms with E-state index >= 15 is 0 Å². The van der Waals surface area contributed by atoms with E-state index in [0.29, 0.717) is 25.6 Å². The molecule has 4 rings (SSSR count). The number of amides is 1. The molecule has 7 nitrogen and oxygen atoms in total. The van der Waals surface area contributed by atoms with E-state index in [1.165, 1.54) is 11.8 Å². The number of rotatable bonds is 10. The van der Waals surface area contributed by atoms with Gasteiger partial charge in [0.1, 0.15) is 12.4 Å². The van der Waals surface area contributed by atoms with E-state index < -0.39 is 0 Å². The van der Waals surface area contributed by atoms with Crippen molar-refractivity contribution in [2.75, 3.05) is 5.75 Å². The van der Waals surface area contributed by atoms with Crippen LogP contribution in [-0.4, -0.2) is 31.4 Å². The van der Waals surface area contributed by atoms with E-state index in [1.807, 2.05) is 72.2 Å². The highest BCUT2D eigenvalue weighted by Crippen LogP contribution is 2.18. The normalized spacial score (nSPS) is 10.7. The third-order valence-electron chi connectivity index (χ3n) is 4.94. The lowest BCUT2D eigenvalue weighted by Gasteiger charge is -2.10. The second-order valence-corrected chi connectivity index (χ2v) is 8.39. The predicted molar refractivity (Wildman–Crippen MR) is 128 cm³/mol. The minimum atomic E-state index is -0.0736. The maximum Gasteiger partial charge on any atom is 0.230 e. The fraction of sp³-hybridized carbons (Fsp3) is 0.200. The topological polar surface area (TPSA) is 81.9 Å². The van der Waals surface area contributed by atoms with Crippen LogP contribution in [0.5, 0.6) is 5.88 Å². The largest absolute Gasteiger partial charge is 0.473 e. The molecule has 0 aliphatic carbocycles. The van der Waals surface area contributed by atoms with Gasteiger partial charge in [-0.3, -0.25) is 4.79 Å². The summed E-state index contributed by atoms with van der Waals surface area (Å²) in [4.78, 5) is 16.7. The molecule has 0 aliphatic heterocycles. The van der Waals surface area contributed by atoms with Crippen LogP contribution < -0.4 is 10.1 Å². The maximum absolute atomic E-state index is 12.4. The number of pyridine rings is 1. The number of carbonyl (C=O) groups is 1. The van der Waals surface area contributed by atoms with Crippen LogP contribution in [-0.2, 0) is 24.5 Å². The van der Waals surface area contributed by atoms with Crippen LogP contribution >= 0.6 is 11.8 Å². The van der Waals surface area contributed by atoms with Gasteiger partial charge < -0.3 is 14.6 Å². The number of aromatic nitrogens is 4. The Morgan fingerprint density at radius 2 is 1.70 bits per heavy atom. The van der Waals surface area contributed by atoms with Crippen LogP contribution in [0.3, 0.4) is 0 Å². The SMILES string of the molecule is Cc1nnc(SCC(=O)NCc2ccnc(OCc3ccccc3)c2)n1Cc1ccccc1. The zero-order chi connectivity index (χ0) is 22.9. The first kappa shape index (κ1) is 22.5. The van der Waals surface area contributed by atoms with Crippen LogP contribution in [0.1, 0.15) is 22.5 Å². The van der Waals surface area contributed by atoms with E-state index in [2.05, 4.69) is 32.6 Å². The van der Waals surface area contributed by atoms with Crippen LogP contribution in [0.4, 0.5) is 0 Å². The van der Waals surface area contributed by atoms with E-state index in [4.69, 9.17) is 4.74 Å². The highest BCUT2D eigenvalue weighted by Gasteiger charge is 2.12. The van der Waals surface area contributed by atoms with Gasteiger partial charge in [0, 0.05) is 18.8 Å². The molecule has 1 N–H and O–H groups in total. The van der Waals surface area contributed by atoms with Gasteiger partial charge in [-0.05, 0) is 29.7 Å². The number of hydrogen-bond donors (Lipinski definition) is 1. The van der Waals surface area contributed by atoms with Gasteiger partial charge in [-0.1, -0.05) is 72.4 Å². The molecule has 4 aromatic rings. The Morgan fingerprint density at radius 1 is 0.970 bits per heavy atom. The summed E-state index contributed by atoms with van der Waals surface area (Å²) >= 11 is 1.38. The molecule has 8 heteroatoms. The molecule has 2 aromatic heterocycles.